The average molecular weight is 940 g/mol. The number of benzene rings is 2. The highest BCUT2D eigenvalue weighted by atomic mass is 19.1. The first kappa shape index (κ1) is 55.1. The highest BCUT2D eigenvalue weighted by Gasteiger charge is 2.38. The highest BCUT2D eigenvalue weighted by Crippen LogP contribution is 2.41. The van der Waals surface area contributed by atoms with Crippen molar-refractivity contribution >= 4 is 41.5 Å². The number of nitrogens with zero attached hydrogens (tertiary/aromatic N) is 2. The van der Waals surface area contributed by atoms with Crippen LogP contribution in [0.3, 0.4) is 0 Å². The molecule has 0 fully saturated rings. The number of rotatable bonds is 22. The van der Waals surface area contributed by atoms with Gasteiger partial charge in [-0.2, -0.15) is 0 Å². The Morgan fingerprint density at radius 1 is 0.806 bits per heavy atom. The number of ether oxygens (including phenoxy) is 2. The van der Waals surface area contributed by atoms with E-state index in [2.05, 4.69) is 16.0 Å². The number of nitrogens with two attached hydrogens (primary N) is 2. The Labute approximate surface area is 390 Å². The topological polar surface area (TPSA) is 254 Å². The quantitative estimate of drug-likeness (QED) is 0.0788. The Balaban J connectivity index is 1.95. The summed E-state index contributed by atoms with van der Waals surface area (Å²) in [6.07, 6.45) is 0.0782. The van der Waals surface area contributed by atoms with E-state index in [4.69, 9.17) is 20.9 Å². The number of aromatic nitrogens is 1. The number of esters is 2. The lowest BCUT2D eigenvalue weighted by molar-refractivity contribution is -0.160. The molecule has 2 aromatic carbocycles. The van der Waals surface area contributed by atoms with E-state index in [0.29, 0.717) is 11.3 Å². The van der Waals surface area contributed by atoms with Crippen LogP contribution in [0.5, 0.6) is 0 Å². The molecular formula is C48H67F2N7O10. The van der Waals surface area contributed by atoms with Crippen LogP contribution in [-0.4, -0.2) is 105 Å². The summed E-state index contributed by atoms with van der Waals surface area (Å²) < 4.78 is 42.4. The number of aliphatic hydroxyl groups is 1. The number of hydrogen-bond donors (Lipinski definition) is 6. The second kappa shape index (κ2) is 24.0. The summed E-state index contributed by atoms with van der Waals surface area (Å²) in [6, 6.07) is 8.95. The summed E-state index contributed by atoms with van der Waals surface area (Å²) in [7, 11) is 0. The summed E-state index contributed by atoms with van der Waals surface area (Å²) in [6.45, 7) is 14.2. The molecule has 0 radical (unpaired) electrons. The van der Waals surface area contributed by atoms with Crippen molar-refractivity contribution in [1.29, 1.82) is 0 Å². The minimum absolute atomic E-state index is 0.0256. The molecule has 3 rings (SSSR count). The Morgan fingerprint density at radius 3 is 2.03 bits per heavy atom. The molecule has 0 saturated carbocycles. The largest absolute Gasteiger partial charge is 0.460 e. The predicted octanol–water partition coefficient (Wildman–Crippen LogP) is 3.92. The van der Waals surface area contributed by atoms with E-state index in [9.17, 15) is 43.1 Å². The lowest BCUT2D eigenvalue weighted by Gasteiger charge is -2.41. The van der Waals surface area contributed by atoms with Gasteiger partial charge in [0.2, 0.25) is 29.5 Å². The first-order valence-electron chi connectivity index (χ1n) is 22.0. The van der Waals surface area contributed by atoms with Crippen molar-refractivity contribution in [2.24, 2.45) is 16.9 Å². The van der Waals surface area contributed by atoms with Gasteiger partial charge in [-0.25, -0.2) is 13.6 Å². The smallest absolute Gasteiger partial charge is 0.329 e. The molecule has 0 aliphatic rings. The molecule has 8 N–H and O–H groups in total. The van der Waals surface area contributed by atoms with Crippen LogP contribution in [0.4, 0.5) is 8.78 Å². The predicted molar refractivity (Wildman–Crippen MR) is 245 cm³/mol. The molecule has 5 amide bonds. The lowest BCUT2D eigenvalue weighted by atomic mass is 9.82. The fourth-order valence-electron chi connectivity index (χ4n) is 7.19. The Bertz CT molecular complexity index is 2210. The van der Waals surface area contributed by atoms with Crippen LogP contribution in [-0.2, 0) is 49.6 Å². The van der Waals surface area contributed by atoms with E-state index >= 15 is 4.39 Å². The molecule has 1 heterocycles. The van der Waals surface area contributed by atoms with E-state index in [0.717, 1.165) is 23.8 Å². The molecule has 4 unspecified atom stereocenters. The van der Waals surface area contributed by atoms with Crippen molar-refractivity contribution in [1.82, 2.24) is 25.4 Å². The fraction of sp³-hybridized carbons (Fsp3) is 0.521. The van der Waals surface area contributed by atoms with Gasteiger partial charge in [0.25, 0.3) is 0 Å². The van der Waals surface area contributed by atoms with E-state index < -0.39 is 107 Å². The maximum Gasteiger partial charge on any atom is 0.329 e. The van der Waals surface area contributed by atoms with Crippen LogP contribution < -0.4 is 27.4 Å². The van der Waals surface area contributed by atoms with Crippen LogP contribution in [0.25, 0.3) is 11.1 Å². The summed E-state index contributed by atoms with van der Waals surface area (Å²) in [5.41, 5.74) is 10.3. The van der Waals surface area contributed by atoms with Crippen LogP contribution in [0.15, 0.2) is 60.8 Å². The van der Waals surface area contributed by atoms with Crippen LogP contribution in [0.1, 0.15) is 112 Å². The average Bonchev–Trinajstić information content (AvgIpc) is 3.61. The number of primary amides is 1. The number of aliphatic hydroxyl groups excluding tert-OH is 1. The zero-order chi connectivity index (χ0) is 50.4. The first-order chi connectivity index (χ1) is 31.1. The number of amides is 5. The minimum Gasteiger partial charge on any atom is -0.460 e. The summed E-state index contributed by atoms with van der Waals surface area (Å²) in [5.74, 6) is -6.80. The first-order valence-corrected chi connectivity index (χ1v) is 22.0. The van der Waals surface area contributed by atoms with Crippen LogP contribution in [0.2, 0.25) is 0 Å². The van der Waals surface area contributed by atoms with Gasteiger partial charge in [0.1, 0.15) is 41.5 Å². The fourth-order valence-corrected chi connectivity index (χ4v) is 7.19. The summed E-state index contributed by atoms with van der Waals surface area (Å²) in [4.78, 5) is 92.7. The molecule has 1 aromatic heterocycles. The number of halogens is 2. The van der Waals surface area contributed by atoms with Crippen LogP contribution >= 0.6 is 0 Å². The summed E-state index contributed by atoms with van der Waals surface area (Å²) in [5, 5.41) is 18.0. The zero-order valence-electron chi connectivity index (χ0n) is 39.9. The molecule has 17 nitrogen and oxygen atoms in total. The highest BCUT2D eigenvalue weighted by molar-refractivity contribution is 5.92. The van der Waals surface area contributed by atoms with Crippen molar-refractivity contribution in [3.05, 3.63) is 83.7 Å². The maximum atomic E-state index is 15.3. The molecular weight excluding hydrogens is 873 g/mol. The number of nitrogens with one attached hydrogen (secondary N) is 3. The molecule has 0 aliphatic heterocycles. The van der Waals surface area contributed by atoms with Crippen LogP contribution in [0, 0.1) is 17.0 Å². The molecule has 0 bridgehead atoms. The van der Waals surface area contributed by atoms with Gasteiger partial charge < -0.3 is 51.5 Å². The van der Waals surface area contributed by atoms with Crippen molar-refractivity contribution < 1.29 is 56.9 Å². The third-order valence-electron chi connectivity index (χ3n) is 10.0. The number of hydrogen-bond acceptors (Lipinski definition) is 11. The number of carbonyl (C=O) groups excluding carboxylic acids is 7. The van der Waals surface area contributed by atoms with Gasteiger partial charge in [-0.3, -0.25) is 28.8 Å². The SMILES string of the molecule is CC(C)(C)OC(=O)CCC(NC(=O)CCNC(=O)C(CCN(C(=O)CO)C(c1cc(-c2cc(F)ccc2F)cn1Cc1ccccc1)C(C)(C)C)NC(=O)C(N)CC(N)=O)C(=O)OC(C)(C)C. The minimum atomic E-state index is -1.45. The van der Waals surface area contributed by atoms with Crippen molar-refractivity contribution in [3.8, 4) is 11.1 Å². The molecule has 3 aromatic rings. The van der Waals surface area contributed by atoms with Gasteiger partial charge in [0, 0.05) is 55.5 Å². The molecule has 19 heteroatoms. The van der Waals surface area contributed by atoms with E-state index in [1.807, 2.05) is 51.1 Å². The van der Waals surface area contributed by atoms with Gasteiger partial charge in [0.15, 0.2) is 0 Å². The molecule has 67 heavy (non-hydrogen) atoms. The van der Waals surface area contributed by atoms with Crippen molar-refractivity contribution in [2.75, 3.05) is 19.7 Å². The van der Waals surface area contributed by atoms with E-state index in [1.54, 1.807) is 58.4 Å². The zero-order valence-corrected chi connectivity index (χ0v) is 39.9. The van der Waals surface area contributed by atoms with Gasteiger partial charge in [-0.1, -0.05) is 51.1 Å². The molecule has 0 spiro atoms. The lowest BCUT2D eigenvalue weighted by Crippen LogP contribution is -2.54. The Hall–Kier alpha value is -6.21. The molecule has 4 atom stereocenters. The summed E-state index contributed by atoms with van der Waals surface area (Å²) >= 11 is 0. The van der Waals surface area contributed by atoms with Gasteiger partial charge in [0.05, 0.1) is 18.5 Å². The third kappa shape index (κ3) is 18.2. The standard InChI is InChI=1S/C48H67F2N7O10/c1-46(2,3)42(37-23-30(32-24-31(49)15-16-33(32)50)27-56(37)26-29-13-11-10-12-14-29)57(40(61)28-58)22-20-35(55-43(63)34(51)25-38(52)59)44(64)53-21-19-39(60)54-36(45(65)67-48(7,8)9)17-18-41(62)66-47(4,5)6/h10-16,23-24,27,34-36,42,58H,17-22,25-26,28,51H2,1-9H3,(H2,52,59)(H,53,64)(H,54,60)(H,55,63). The van der Waals surface area contributed by atoms with Gasteiger partial charge in [-0.15, -0.1) is 0 Å². The maximum absolute atomic E-state index is 15.3. The third-order valence-corrected chi connectivity index (χ3v) is 10.0. The second-order valence-electron chi connectivity index (χ2n) is 19.4. The normalized spacial score (nSPS) is 13.6. The van der Waals surface area contributed by atoms with E-state index in [1.165, 1.54) is 4.90 Å². The van der Waals surface area contributed by atoms with Crippen molar-refractivity contribution in [3.63, 3.8) is 0 Å². The van der Waals surface area contributed by atoms with E-state index in [-0.39, 0.29) is 50.9 Å². The molecule has 0 saturated heterocycles. The van der Waals surface area contributed by atoms with Gasteiger partial charge in [-0.05, 0) is 89.6 Å². The number of carbonyl (C=O) groups is 7. The second-order valence-corrected chi connectivity index (χ2v) is 19.4. The monoisotopic (exact) mass is 939 g/mol. The molecule has 368 valence electrons. The van der Waals surface area contributed by atoms with Crippen molar-refractivity contribution in [2.45, 2.75) is 136 Å². The Morgan fingerprint density at radius 2 is 1.45 bits per heavy atom. The molecule has 0 aliphatic carbocycles. The van der Waals surface area contributed by atoms with Gasteiger partial charge >= 0.3 is 11.9 Å². The Kier molecular flexibility index (Phi) is 19.7.